The fourth-order valence-corrected chi connectivity index (χ4v) is 2.49. The minimum Gasteiger partial charge on any atom is -0.423 e. The molecular weight excluding hydrogens is 274 g/mol. The highest BCUT2D eigenvalue weighted by Crippen LogP contribution is 2.16. The van der Waals surface area contributed by atoms with Gasteiger partial charge in [-0.15, -0.1) is 0 Å². The van der Waals surface area contributed by atoms with Crippen LogP contribution < -0.4 is 4.74 Å². The summed E-state index contributed by atoms with van der Waals surface area (Å²) >= 11 is 0. The second-order valence-corrected chi connectivity index (χ2v) is 5.39. The fraction of sp³-hybridized carbons (Fsp3) is 0.211. The third-order valence-corrected chi connectivity index (χ3v) is 3.69. The van der Waals surface area contributed by atoms with Crippen LogP contribution in [0.1, 0.15) is 22.3 Å². The quantitative estimate of drug-likeness (QED) is 0.489. The summed E-state index contributed by atoms with van der Waals surface area (Å²) in [6.45, 7) is 3.03. The molecule has 3 heteroatoms. The third-order valence-electron chi connectivity index (χ3n) is 3.69. The lowest BCUT2D eigenvalue weighted by molar-refractivity contribution is 0.0734. The molecule has 2 aromatic carbocycles. The number of nitrogens with zero attached hydrogens (tertiary/aromatic N) is 1. The number of carbonyl (C=O) groups excluding carboxylic acids is 1. The molecule has 0 saturated heterocycles. The van der Waals surface area contributed by atoms with Crippen LogP contribution in [0.5, 0.6) is 5.75 Å². The standard InChI is InChI=1S/C19H19NO2/c21-19(17-7-3-1-4-8-17)22-18-11-9-16(10-12-18)15-20-13-5-2-6-14-20/h1-5,7-12H,6,13-15H2. The Morgan fingerprint density at radius 2 is 1.77 bits per heavy atom. The van der Waals surface area contributed by atoms with Crippen molar-refractivity contribution in [2.45, 2.75) is 13.0 Å². The van der Waals surface area contributed by atoms with E-state index >= 15 is 0 Å². The van der Waals surface area contributed by atoms with Crippen molar-refractivity contribution in [1.82, 2.24) is 4.90 Å². The van der Waals surface area contributed by atoms with Gasteiger partial charge in [0.05, 0.1) is 5.56 Å². The molecule has 22 heavy (non-hydrogen) atoms. The Bertz CT molecular complexity index is 647. The van der Waals surface area contributed by atoms with E-state index in [0.29, 0.717) is 11.3 Å². The summed E-state index contributed by atoms with van der Waals surface area (Å²) in [4.78, 5) is 14.4. The van der Waals surface area contributed by atoms with E-state index in [1.54, 1.807) is 12.1 Å². The van der Waals surface area contributed by atoms with Crippen molar-refractivity contribution in [3.05, 3.63) is 77.9 Å². The van der Waals surface area contributed by atoms with Crippen LogP contribution in [-0.4, -0.2) is 24.0 Å². The summed E-state index contributed by atoms with van der Waals surface area (Å²) in [6.07, 6.45) is 5.55. The van der Waals surface area contributed by atoms with Gasteiger partial charge in [-0.05, 0) is 36.2 Å². The van der Waals surface area contributed by atoms with E-state index in [4.69, 9.17) is 4.74 Å². The van der Waals surface area contributed by atoms with Gasteiger partial charge in [0.1, 0.15) is 5.75 Å². The molecule has 0 aliphatic carbocycles. The number of carbonyl (C=O) groups is 1. The monoisotopic (exact) mass is 293 g/mol. The van der Waals surface area contributed by atoms with E-state index in [1.807, 2.05) is 42.5 Å². The number of benzene rings is 2. The minimum absolute atomic E-state index is 0.325. The van der Waals surface area contributed by atoms with Crippen LogP contribution in [0.25, 0.3) is 0 Å². The van der Waals surface area contributed by atoms with Gasteiger partial charge < -0.3 is 4.74 Å². The zero-order valence-corrected chi connectivity index (χ0v) is 12.4. The maximum Gasteiger partial charge on any atom is 0.343 e. The largest absolute Gasteiger partial charge is 0.423 e. The molecule has 1 heterocycles. The SMILES string of the molecule is O=C(Oc1ccc(CN2CC=CCC2)cc1)c1ccccc1. The van der Waals surface area contributed by atoms with Gasteiger partial charge in [0, 0.05) is 19.6 Å². The van der Waals surface area contributed by atoms with Crippen LogP contribution in [0.15, 0.2) is 66.7 Å². The Balaban J connectivity index is 1.59. The van der Waals surface area contributed by atoms with Crippen LogP contribution in [0.2, 0.25) is 0 Å². The number of hydrogen-bond acceptors (Lipinski definition) is 3. The molecular formula is C19H19NO2. The highest BCUT2D eigenvalue weighted by atomic mass is 16.5. The van der Waals surface area contributed by atoms with Crippen molar-refractivity contribution in [2.24, 2.45) is 0 Å². The molecule has 0 amide bonds. The normalized spacial score (nSPS) is 14.7. The zero-order valence-electron chi connectivity index (χ0n) is 12.4. The summed E-state index contributed by atoms with van der Waals surface area (Å²) in [7, 11) is 0. The van der Waals surface area contributed by atoms with E-state index in [2.05, 4.69) is 17.1 Å². The minimum atomic E-state index is -0.325. The number of ether oxygens (including phenoxy) is 1. The van der Waals surface area contributed by atoms with Gasteiger partial charge in [-0.25, -0.2) is 4.79 Å². The Morgan fingerprint density at radius 1 is 1.00 bits per heavy atom. The summed E-state index contributed by atoms with van der Waals surface area (Å²) in [6, 6.07) is 16.8. The van der Waals surface area contributed by atoms with Crippen molar-refractivity contribution in [3.63, 3.8) is 0 Å². The zero-order chi connectivity index (χ0) is 15.2. The highest BCUT2D eigenvalue weighted by Gasteiger charge is 2.09. The van der Waals surface area contributed by atoms with Gasteiger partial charge >= 0.3 is 5.97 Å². The van der Waals surface area contributed by atoms with E-state index < -0.39 is 0 Å². The first-order chi connectivity index (χ1) is 10.8. The topological polar surface area (TPSA) is 29.5 Å². The number of hydrogen-bond donors (Lipinski definition) is 0. The van der Waals surface area contributed by atoms with E-state index in [0.717, 1.165) is 26.1 Å². The van der Waals surface area contributed by atoms with Crippen molar-refractivity contribution in [1.29, 1.82) is 0 Å². The first kappa shape index (κ1) is 14.5. The molecule has 0 fully saturated rings. The van der Waals surface area contributed by atoms with E-state index in [9.17, 15) is 4.79 Å². The molecule has 1 aliphatic heterocycles. The van der Waals surface area contributed by atoms with Crippen molar-refractivity contribution >= 4 is 5.97 Å². The molecule has 0 unspecified atom stereocenters. The Labute approximate surface area is 130 Å². The molecule has 0 aromatic heterocycles. The third kappa shape index (κ3) is 3.83. The molecule has 0 bridgehead atoms. The van der Waals surface area contributed by atoms with Crippen molar-refractivity contribution < 1.29 is 9.53 Å². The first-order valence-electron chi connectivity index (χ1n) is 7.55. The predicted octanol–water partition coefficient (Wildman–Crippen LogP) is 3.67. The number of esters is 1. The Morgan fingerprint density at radius 3 is 2.45 bits per heavy atom. The lowest BCUT2D eigenvalue weighted by atomic mass is 10.1. The van der Waals surface area contributed by atoms with Crippen LogP contribution in [0.4, 0.5) is 0 Å². The van der Waals surface area contributed by atoms with E-state index in [1.165, 1.54) is 5.56 Å². The lowest BCUT2D eigenvalue weighted by Crippen LogP contribution is -2.26. The van der Waals surface area contributed by atoms with Crippen molar-refractivity contribution in [3.8, 4) is 5.75 Å². The van der Waals surface area contributed by atoms with E-state index in [-0.39, 0.29) is 5.97 Å². The van der Waals surface area contributed by atoms with Crippen LogP contribution in [0, 0.1) is 0 Å². The average Bonchev–Trinajstić information content (AvgIpc) is 2.58. The Kier molecular flexibility index (Phi) is 4.66. The molecule has 2 aromatic rings. The first-order valence-corrected chi connectivity index (χ1v) is 7.55. The summed E-state index contributed by atoms with van der Waals surface area (Å²) < 4.78 is 5.38. The summed E-state index contributed by atoms with van der Waals surface area (Å²) in [5.74, 6) is 0.255. The molecule has 0 spiro atoms. The number of rotatable bonds is 4. The van der Waals surface area contributed by atoms with Crippen LogP contribution in [0.3, 0.4) is 0 Å². The molecule has 0 saturated carbocycles. The molecule has 3 nitrogen and oxygen atoms in total. The van der Waals surface area contributed by atoms with Crippen LogP contribution in [-0.2, 0) is 6.54 Å². The summed E-state index contributed by atoms with van der Waals surface area (Å²) in [5.41, 5.74) is 1.79. The van der Waals surface area contributed by atoms with Gasteiger partial charge in [-0.2, -0.15) is 0 Å². The second kappa shape index (κ2) is 7.05. The predicted molar refractivity (Wildman–Crippen MR) is 86.9 cm³/mol. The smallest absolute Gasteiger partial charge is 0.343 e. The molecule has 3 rings (SSSR count). The van der Waals surface area contributed by atoms with Gasteiger partial charge in [0.15, 0.2) is 0 Å². The van der Waals surface area contributed by atoms with Gasteiger partial charge in [-0.3, -0.25) is 4.90 Å². The fourth-order valence-electron chi connectivity index (χ4n) is 2.49. The molecule has 0 radical (unpaired) electrons. The van der Waals surface area contributed by atoms with Gasteiger partial charge in [-0.1, -0.05) is 42.5 Å². The molecule has 0 N–H and O–H groups in total. The lowest BCUT2D eigenvalue weighted by Gasteiger charge is -2.22. The van der Waals surface area contributed by atoms with Gasteiger partial charge in [0.25, 0.3) is 0 Å². The van der Waals surface area contributed by atoms with Gasteiger partial charge in [0.2, 0.25) is 0 Å². The Hall–Kier alpha value is -2.39. The molecule has 112 valence electrons. The maximum atomic E-state index is 12.0. The van der Waals surface area contributed by atoms with Crippen LogP contribution >= 0.6 is 0 Å². The van der Waals surface area contributed by atoms with Crippen molar-refractivity contribution in [2.75, 3.05) is 13.1 Å². The highest BCUT2D eigenvalue weighted by molar-refractivity contribution is 5.90. The average molecular weight is 293 g/mol. The second-order valence-electron chi connectivity index (χ2n) is 5.39. The molecule has 1 aliphatic rings. The summed E-state index contributed by atoms with van der Waals surface area (Å²) in [5, 5.41) is 0. The molecule has 0 atom stereocenters. The maximum absolute atomic E-state index is 12.0.